The molecule has 0 aliphatic heterocycles. The van der Waals surface area contributed by atoms with Crippen LogP contribution in [-0.4, -0.2) is 24.5 Å². The van der Waals surface area contributed by atoms with Crippen molar-refractivity contribution in [1.29, 1.82) is 0 Å². The van der Waals surface area contributed by atoms with E-state index in [4.69, 9.17) is 0 Å². The average Bonchev–Trinajstić information content (AvgIpc) is 2.33. The van der Waals surface area contributed by atoms with E-state index >= 15 is 0 Å². The van der Waals surface area contributed by atoms with Gasteiger partial charge in [-0.05, 0) is 19.4 Å². The van der Waals surface area contributed by atoms with E-state index in [2.05, 4.69) is 31.4 Å². The van der Waals surface area contributed by atoms with Crippen molar-refractivity contribution in [2.45, 2.75) is 51.9 Å². The minimum absolute atomic E-state index is 0.981. The van der Waals surface area contributed by atoms with E-state index in [9.17, 15) is 0 Å². The molecule has 0 amide bonds. The summed E-state index contributed by atoms with van der Waals surface area (Å²) in [4.78, 5) is 2.39. The Morgan fingerprint density at radius 3 is 2.12 bits per heavy atom. The van der Waals surface area contributed by atoms with Gasteiger partial charge in [0.1, 0.15) is 0 Å². The number of hydrogen-bond donors (Lipinski definition) is 0. The molecule has 0 fully saturated rings. The molecule has 0 saturated carbocycles. The Labute approximate surface area is 109 Å². The van der Waals surface area contributed by atoms with Gasteiger partial charge in [-0.2, -0.15) is 0 Å². The highest BCUT2D eigenvalue weighted by Gasteiger charge is 1.99. The predicted octanol–water partition coefficient (Wildman–Crippen LogP) is 4.62. The average molecular weight is 236 g/mol. The first-order valence-electron chi connectivity index (χ1n) is 7.11. The molecule has 0 aromatic rings. The maximum absolute atomic E-state index is 3.79. The summed E-state index contributed by atoms with van der Waals surface area (Å²) in [5.74, 6) is 0. The largest absolute Gasteiger partial charge is 0.296 e. The maximum Gasteiger partial charge on any atom is 0.0163 e. The van der Waals surface area contributed by atoms with Crippen molar-refractivity contribution in [2.24, 2.45) is 0 Å². The van der Waals surface area contributed by atoms with Crippen molar-refractivity contribution in [3.63, 3.8) is 0 Å². The second-order valence-corrected chi connectivity index (χ2v) is 4.62. The van der Waals surface area contributed by atoms with Crippen LogP contribution in [0.15, 0.2) is 25.3 Å². The molecule has 0 aliphatic carbocycles. The molecule has 0 aliphatic rings. The van der Waals surface area contributed by atoms with Crippen molar-refractivity contribution in [1.82, 2.24) is 4.90 Å². The minimum atomic E-state index is 0.981. The second kappa shape index (κ2) is 13.5. The van der Waals surface area contributed by atoms with E-state index in [1.165, 1.54) is 51.5 Å². The summed E-state index contributed by atoms with van der Waals surface area (Å²) in [5.41, 5.74) is 0. The fraction of sp³-hybridized carbons (Fsp3) is 0.688. The molecule has 1 nitrogen and oxygen atoms in total. The highest BCUT2D eigenvalue weighted by atomic mass is 15.1. The van der Waals surface area contributed by atoms with E-state index in [0.717, 1.165) is 13.1 Å². The summed E-state index contributed by atoms with van der Waals surface area (Å²) >= 11 is 0. The van der Waals surface area contributed by atoms with Gasteiger partial charge in [0.05, 0.1) is 0 Å². The van der Waals surface area contributed by atoms with Crippen LogP contribution in [0.4, 0.5) is 0 Å². The second-order valence-electron chi connectivity index (χ2n) is 4.62. The fourth-order valence-electron chi connectivity index (χ4n) is 1.92. The Morgan fingerprint density at radius 1 is 0.882 bits per heavy atom. The third-order valence-electron chi connectivity index (χ3n) is 2.92. The summed E-state index contributed by atoms with van der Waals surface area (Å²) in [7, 11) is 0. The molecule has 0 rings (SSSR count). The zero-order valence-electron chi connectivity index (χ0n) is 11.7. The number of unbranched alkanes of at least 4 members (excludes halogenated alkanes) is 7. The van der Waals surface area contributed by atoms with Crippen molar-refractivity contribution < 1.29 is 0 Å². The lowest BCUT2D eigenvalue weighted by molar-refractivity contribution is 0.325. The van der Waals surface area contributed by atoms with Gasteiger partial charge in [-0.25, -0.2) is 0 Å². The van der Waals surface area contributed by atoms with Crippen molar-refractivity contribution in [3.8, 4) is 0 Å². The zero-order chi connectivity index (χ0) is 12.8. The van der Waals surface area contributed by atoms with E-state index in [-0.39, 0.29) is 0 Å². The standard InChI is InChI=1S/C16H30N/c1-4-7-8-9-10-11-12-13-16-17(14-5-2)15-6-3/h5-6,9H,2-4,7-8,10-16H2,1H3. The van der Waals surface area contributed by atoms with Crippen LogP contribution in [0.1, 0.15) is 51.9 Å². The van der Waals surface area contributed by atoms with Gasteiger partial charge in [-0.3, -0.25) is 4.90 Å². The lowest BCUT2D eigenvalue weighted by Gasteiger charge is -2.18. The molecule has 0 saturated heterocycles. The van der Waals surface area contributed by atoms with E-state index < -0.39 is 0 Å². The van der Waals surface area contributed by atoms with Gasteiger partial charge >= 0.3 is 0 Å². The number of rotatable bonds is 13. The van der Waals surface area contributed by atoms with Crippen LogP contribution < -0.4 is 0 Å². The first kappa shape index (κ1) is 16.4. The summed E-state index contributed by atoms with van der Waals surface area (Å²) in [6.45, 7) is 13.0. The van der Waals surface area contributed by atoms with Crippen LogP contribution in [0.2, 0.25) is 0 Å². The first-order chi connectivity index (χ1) is 8.35. The normalized spacial score (nSPS) is 10.7. The molecule has 0 bridgehead atoms. The molecule has 0 N–H and O–H groups in total. The predicted molar refractivity (Wildman–Crippen MR) is 79.1 cm³/mol. The molecule has 1 heteroatoms. The number of hydrogen-bond acceptors (Lipinski definition) is 1. The molecule has 0 atom stereocenters. The van der Waals surface area contributed by atoms with Gasteiger partial charge in [-0.1, -0.05) is 57.6 Å². The van der Waals surface area contributed by atoms with E-state index in [0.29, 0.717) is 0 Å². The van der Waals surface area contributed by atoms with Gasteiger partial charge in [-0.15, -0.1) is 13.2 Å². The lowest BCUT2D eigenvalue weighted by Crippen LogP contribution is -2.24. The van der Waals surface area contributed by atoms with E-state index in [1.54, 1.807) is 0 Å². The Bertz CT molecular complexity index is 164. The van der Waals surface area contributed by atoms with Gasteiger partial charge in [0.25, 0.3) is 0 Å². The van der Waals surface area contributed by atoms with Crippen LogP contribution in [0, 0.1) is 6.42 Å². The summed E-state index contributed by atoms with van der Waals surface area (Å²) < 4.78 is 0. The molecule has 99 valence electrons. The smallest absolute Gasteiger partial charge is 0.0163 e. The van der Waals surface area contributed by atoms with Crippen LogP contribution in [0.25, 0.3) is 0 Å². The molecule has 0 aromatic carbocycles. The van der Waals surface area contributed by atoms with Gasteiger partial charge < -0.3 is 0 Å². The highest BCUT2D eigenvalue weighted by molar-refractivity contribution is 4.79. The summed E-state index contributed by atoms with van der Waals surface area (Å²) in [6.07, 6.45) is 15.6. The van der Waals surface area contributed by atoms with Crippen LogP contribution in [0.3, 0.4) is 0 Å². The Hall–Kier alpha value is -0.560. The third kappa shape index (κ3) is 11.7. The molecule has 0 aromatic heterocycles. The topological polar surface area (TPSA) is 3.24 Å². The molecule has 1 radical (unpaired) electrons. The molecular weight excluding hydrogens is 206 g/mol. The lowest BCUT2D eigenvalue weighted by atomic mass is 10.1. The number of nitrogens with zero attached hydrogens (tertiary/aromatic N) is 1. The quantitative estimate of drug-likeness (QED) is 0.333. The SMILES string of the molecule is C=CCN(CC=C)CCCCC[CH]CCCC. The van der Waals surface area contributed by atoms with Crippen LogP contribution >= 0.6 is 0 Å². The molecular formula is C16H30N. The van der Waals surface area contributed by atoms with Crippen molar-refractivity contribution in [3.05, 3.63) is 31.7 Å². The Morgan fingerprint density at radius 2 is 1.53 bits per heavy atom. The Balaban J connectivity index is 3.29. The minimum Gasteiger partial charge on any atom is -0.296 e. The van der Waals surface area contributed by atoms with Crippen molar-refractivity contribution in [2.75, 3.05) is 19.6 Å². The molecule has 0 unspecified atom stereocenters. The fourth-order valence-corrected chi connectivity index (χ4v) is 1.92. The molecule has 17 heavy (non-hydrogen) atoms. The summed E-state index contributed by atoms with van der Waals surface area (Å²) in [5, 5.41) is 0. The first-order valence-corrected chi connectivity index (χ1v) is 7.11. The molecule has 0 heterocycles. The third-order valence-corrected chi connectivity index (χ3v) is 2.92. The molecule has 0 spiro atoms. The maximum atomic E-state index is 3.79. The highest BCUT2D eigenvalue weighted by Crippen LogP contribution is 2.07. The van der Waals surface area contributed by atoms with Gasteiger partial charge in [0.15, 0.2) is 0 Å². The van der Waals surface area contributed by atoms with E-state index in [1.807, 2.05) is 12.2 Å². The Kier molecular flexibility index (Phi) is 13.1. The monoisotopic (exact) mass is 236 g/mol. The summed E-state index contributed by atoms with van der Waals surface area (Å²) in [6, 6.07) is 0. The van der Waals surface area contributed by atoms with Gasteiger partial charge in [0.2, 0.25) is 0 Å². The van der Waals surface area contributed by atoms with Crippen LogP contribution in [-0.2, 0) is 0 Å². The van der Waals surface area contributed by atoms with Crippen molar-refractivity contribution >= 4 is 0 Å². The van der Waals surface area contributed by atoms with Gasteiger partial charge in [0, 0.05) is 13.1 Å². The zero-order valence-corrected chi connectivity index (χ0v) is 11.7. The van der Waals surface area contributed by atoms with Crippen LogP contribution in [0.5, 0.6) is 0 Å².